The molecule has 0 saturated heterocycles. The summed E-state index contributed by atoms with van der Waals surface area (Å²) in [5.74, 6) is 5.39. The Morgan fingerprint density at radius 2 is 1.95 bits per heavy atom. The van der Waals surface area contributed by atoms with Crippen LogP contribution in [0.1, 0.15) is 28.3 Å². The van der Waals surface area contributed by atoms with Crippen LogP contribution in [0.4, 0.5) is 4.39 Å². The first kappa shape index (κ1) is 14.0. The highest BCUT2D eigenvalue weighted by molar-refractivity contribution is 6.31. The van der Waals surface area contributed by atoms with Gasteiger partial charge in [-0.25, -0.2) is 9.82 Å². The van der Waals surface area contributed by atoms with Crippen molar-refractivity contribution < 1.29 is 4.39 Å². The van der Waals surface area contributed by atoms with E-state index in [1.165, 1.54) is 6.07 Å². The van der Waals surface area contributed by atoms with Crippen LogP contribution in [0.3, 0.4) is 0 Å². The standard InChI is InChI=1S/C15H16ClFN2/c1-9-6-7-11(8-14(9)17)15(19-18)12-4-3-5-13(16)10(12)2/h3-8,15,19H,18H2,1-2H3. The normalized spacial score (nSPS) is 12.5. The summed E-state index contributed by atoms with van der Waals surface area (Å²) < 4.78 is 13.7. The molecule has 0 aliphatic carbocycles. The van der Waals surface area contributed by atoms with Crippen molar-refractivity contribution >= 4 is 11.6 Å². The molecular formula is C15H16ClFN2. The van der Waals surface area contributed by atoms with E-state index in [9.17, 15) is 4.39 Å². The number of rotatable bonds is 3. The molecule has 0 fully saturated rings. The van der Waals surface area contributed by atoms with Gasteiger partial charge in [-0.2, -0.15) is 0 Å². The van der Waals surface area contributed by atoms with Gasteiger partial charge >= 0.3 is 0 Å². The van der Waals surface area contributed by atoms with Crippen molar-refractivity contribution in [1.29, 1.82) is 0 Å². The number of halogens is 2. The molecule has 1 atom stereocenters. The second-order valence-corrected chi connectivity index (χ2v) is 4.97. The maximum Gasteiger partial charge on any atom is 0.126 e. The largest absolute Gasteiger partial charge is 0.271 e. The van der Waals surface area contributed by atoms with Crippen LogP contribution in [0.25, 0.3) is 0 Å². The third-order valence-electron chi connectivity index (χ3n) is 3.32. The highest BCUT2D eigenvalue weighted by Gasteiger charge is 2.16. The molecule has 0 aliphatic rings. The van der Waals surface area contributed by atoms with Gasteiger partial charge in [0.05, 0.1) is 6.04 Å². The SMILES string of the molecule is Cc1ccc(C(NN)c2cccc(Cl)c2C)cc1F. The first-order chi connectivity index (χ1) is 9.04. The molecule has 2 rings (SSSR count). The third-order valence-corrected chi connectivity index (χ3v) is 3.73. The highest BCUT2D eigenvalue weighted by atomic mass is 35.5. The Balaban J connectivity index is 2.50. The average Bonchev–Trinajstić information content (AvgIpc) is 2.39. The van der Waals surface area contributed by atoms with Crippen molar-refractivity contribution in [1.82, 2.24) is 5.43 Å². The van der Waals surface area contributed by atoms with Crippen molar-refractivity contribution in [3.05, 3.63) is 69.5 Å². The van der Waals surface area contributed by atoms with E-state index in [1.54, 1.807) is 13.0 Å². The van der Waals surface area contributed by atoms with Crippen molar-refractivity contribution in [3.63, 3.8) is 0 Å². The van der Waals surface area contributed by atoms with Gasteiger partial charge in [0, 0.05) is 5.02 Å². The molecule has 2 aromatic carbocycles. The Kier molecular flexibility index (Phi) is 4.20. The minimum atomic E-state index is -0.284. The van der Waals surface area contributed by atoms with Crippen LogP contribution in [-0.2, 0) is 0 Å². The van der Waals surface area contributed by atoms with Gasteiger partial charge in [0.1, 0.15) is 5.82 Å². The maximum atomic E-state index is 13.7. The summed E-state index contributed by atoms with van der Waals surface area (Å²) in [6, 6.07) is 10.4. The zero-order chi connectivity index (χ0) is 14.0. The van der Waals surface area contributed by atoms with Crippen molar-refractivity contribution in [2.45, 2.75) is 19.9 Å². The number of benzene rings is 2. The van der Waals surface area contributed by atoms with Gasteiger partial charge in [-0.3, -0.25) is 5.84 Å². The second kappa shape index (κ2) is 5.70. The van der Waals surface area contributed by atoms with Crippen LogP contribution >= 0.6 is 11.6 Å². The molecule has 0 heterocycles. The lowest BCUT2D eigenvalue weighted by Gasteiger charge is -2.20. The van der Waals surface area contributed by atoms with E-state index in [4.69, 9.17) is 17.4 Å². The third kappa shape index (κ3) is 2.78. The number of aryl methyl sites for hydroxylation is 1. The molecule has 0 saturated carbocycles. The number of hydrogen-bond donors (Lipinski definition) is 2. The fraction of sp³-hybridized carbons (Fsp3) is 0.200. The molecule has 2 nitrogen and oxygen atoms in total. The first-order valence-electron chi connectivity index (χ1n) is 6.01. The number of hydrazine groups is 1. The van der Waals surface area contributed by atoms with Crippen LogP contribution < -0.4 is 11.3 Å². The van der Waals surface area contributed by atoms with Gasteiger partial charge in [-0.1, -0.05) is 35.9 Å². The molecule has 0 aromatic heterocycles. The summed E-state index contributed by atoms with van der Waals surface area (Å²) >= 11 is 6.12. The molecule has 100 valence electrons. The monoisotopic (exact) mass is 278 g/mol. The first-order valence-corrected chi connectivity index (χ1v) is 6.39. The van der Waals surface area contributed by atoms with Crippen LogP contribution in [0.5, 0.6) is 0 Å². The van der Waals surface area contributed by atoms with Crippen LogP contribution in [0, 0.1) is 19.7 Å². The molecule has 0 spiro atoms. The van der Waals surface area contributed by atoms with Crippen molar-refractivity contribution in [2.24, 2.45) is 5.84 Å². The van der Waals surface area contributed by atoms with Crippen LogP contribution in [-0.4, -0.2) is 0 Å². The van der Waals surface area contributed by atoms with E-state index in [1.807, 2.05) is 31.2 Å². The minimum Gasteiger partial charge on any atom is -0.271 e. The zero-order valence-corrected chi connectivity index (χ0v) is 11.6. The van der Waals surface area contributed by atoms with Gasteiger partial charge in [0.25, 0.3) is 0 Å². The quantitative estimate of drug-likeness (QED) is 0.664. The van der Waals surface area contributed by atoms with Crippen LogP contribution in [0.2, 0.25) is 5.02 Å². The molecule has 0 bridgehead atoms. The Morgan fingerprint density at radius 3 is 2.58 bits per heavy atom. The zero-order valence-electron chi connectivity index (χ0n) is 10.9. The molecule has 19 heavy (non-hydrogen) atoms. The minimum absolute atomic E-state index is 0.238. The van der Waals surface area contributed by atoms with Gasteiger partial charge in [0.15, 0.2) is 0 Å². The molecule has 1 unspecified atom stereocenters. The van der Waals surface area contributed by atoms with Crippen molar-refractivity contribution in [2.75, 3.05) is 0 Å². The van der Waals surface area contributed by atoms with E-state index in [0.717, 1.165) is 16.7 Å². The van der Waals surface area contributed by atoms with Gasteiger partial charge in [-0.05, 0) is 48.2 Å². The molecule has 0 amide bonds. The van der Waals surface area contributed by atoms with Gasteiger partial charge in [0.2, 0.25) is 0 Å². The van der Waals surface area contributed by atoms with Crippen molar-refractivity contribution in [3.8, 4) is 0 Å². The Labute approximate surface area is 117 Å². The lowest BCUT2D eigenvalue weighted by molar-refractivity contribution is 0.598. The lowest BCUT2D eigenvalue weighted by atomic mass is 9.95. The number of hydrogen-bond acceptors (Lipinski definition) is 2. The fourth-order valence-corrected chi connectivity index (χ4v) is 2.27. The van der Waals surface area contributed by atoms with Gasteiger partial charge < -0.3 is 0 Å². The smallest absolute Gasteiger partial charge is 0.126 e. The molecule has 0 radical (unpaired) electrons. The molecule has 4 heteroatoms. The number of nitrogens with one attached hydrogen (secondary N) is 1. The topological polar surface area (TPSA) is 38.0 Å². The number of nitrogens with two attached hydrogens (primary N) is 1. The second-order valence-electron chi connectivity index (χ2n) is 4.56. The Bertz CT molecular complexity index is 599. The summed E-state index contributed by atoms with van der Waals surface area (Å²) in [5.41, 5.74) is 5.99. The summed E-state index contributed by atoms with van der Waals surface area (Å²) in [4.78, 5) is 0. The lowest BCUT2D eigenvalue weighted by Crippen LogP contribution is -2.29. The van der Waals surface area contributed by atoms with Crippen LogP contribution in [0.15, 0.2) is 36.4 Å². The summed E-state index contributed by atoms with van der Waals surface area (Å²) in [7, 11) is 0. The average molecular weight is 279 g/mol. The summed E-state index contributed by atoms with van der Waals surface area (Å²) in [6.07, 6.45) is 0. The van der Waals surface area contributed by atoms with E-state index in [2.05, 4.69) is 5.43 Å². The Hall–Kier alpha value is -1.42. The van der Waals surface area contributed by atoms with E-state index in [0.29, 0.717) is 10.6 Å². The summed E-state index contributed by atoms with van der Waals surface area (Å²) in [5, 5.41) is 0.672. The Morgan fingerprint density at radius 1 is 1.21 bits per heavy atom. The van der Waals surface area contributed by atoms with E-state index < -0.39 is 0 Å². The maximum absolute atomic E-state index is 13.7. The molecular weight excluding hydrogens is 263 g/mol. The molecule has 0 aliphatic heterocycles. The summed E-state index contributed by atoms with van der Waals surface area (Å²) in [6.45, 7) is 3.65. The van der Waals surface area contributed by atoms with E-state index in [-0.39, 0.29) is 11.9 Å². The van der Waals surface area contributed by atoms with Gasteiger partial charge in [-0.15, -0.1) is 0 Å². The predicted octanol–water partition coefficient (Wildman–Crippen LogP) is 3.65. The highest BCUT2D eigenvalue weighted by Crippen LogP contribution is 2.29. The molecule has 3 N–H and O–H groups in total. The predicted molar refractivity (Wildman–Crippen MR) is 76.5 cm³/mol. The fourth-order valence-electron chi connectivity index (χ4n) is 2.09. The molecule has 2 aromatic rings. The van der Waals surface area contributed by atoms with E-state index >= 15 is 0 Å².